The fourth-order valence-electron chi connectivity index (χ4n) is 2.30. The highest BCUT2D eigenvalue weighted by molar-refractivity contribution is 6.31. The molecule has 3 rings (SSSR count). The summed E-state index contributed by atoms with van der Waals surface area (Å²) in [6.45, 7) is 0.492. The standard InChI is InChI=1S/C19H17ClN4O2/c1-26-17-9-5-4-8-16(17)24-18(25)14-11-22-19(23-12-14)21-10-13-6-2-3-7-15(13)20/h2-9,11-12H,10H2,1H3,(H,24,25)(H,21,22,23). The smallest absolute Gasteiger partial charge is 0.258 e. The van der Waals surface area contributed by atoms with Gasteiger partial charge in [0.15, 0.2) is 0 Å². The highest BCUT2D eigenvalue weighted by Crippen LogP contribution is 2.23. The molecule has 2 N–H and O–H groups in total. The maximum Gasteiger partial charge on any atom is 0.258 e. The first-order valence-corrected chi connectivity index (χ1v) is 8.29. The molecule has 0 saturated carbocycles. The number of nitrogens with zero attached hydrogens (tertiary/aromatic N) is 2. The van der Waals surface area contributed by atoms with Gasteiger partial charge in [-0.15, -0.1) is 0 Å². The molecule has 3 aromatic rings. The third kappa shape index (κ3) is 4.29. The molecule has 0 radical (unpaired) electrons. The molecule has 0 aliphatic rings. The van der Waals surface area contributed by atoms with Crippen LogP contribution in [-0.2, 0) is 6.54 Å². The maximum atomic E-state index is 12.3. The minimum absolute atomic E-state index is 0.313. The second-order valence-corrected chi connectivity index (χ2v) is 5.80. The first kappa shape index (κ1) is 17.7. The fraction of sp³-hybridized carbons (Fsp3) is 0.105. The minimum atomic E-state index is -0.313. The van der Waals surface area contributed by atoms with Crippen LogP contribution in [0.3, 0.4) is 0 Å². The second-order valence-electron chi connectivity index (χ2n) is 5.39. The van der Waals surface area contributed by atoms with Crippen LogP contribution in [0.2, 0.25) is 5.02 Å². The molecule has 0 atom stereocenters. The topological polar surface area (TPSA) is 76.1 Å². The van der Waals surface area contributed by atoms with E-state index in [1.54, 1.807) is 19.2 Å². The number of methoxy groups -OCH3 is 1. The number of hydrogen-bond donors (Lipinski definition) is 2. The molecule has 0 saturated heterocycles. The van der Waals surface area contributed by atoms with Crippen LogP contribution in [0.5, 0.6) is 5.75 Å². The van der Waals surface area contributed by atoms with Gasteiger partial charge >= 0.3 is 0 Å². The molecule has 7 heteroatoms. The SMILES string of the molecule is COc1ccccc1NC(=O)c1cnc(NCc2ccccc2Cl)nc1. The zero-order valence-corrected chi connectivity index (χ0v) is 14.8. The van der Waals surface area contributed by atoms with E-state index in [-0.39, 0.29) is 5.91 Å². The van der Waals surface area contributed by atoms with Crippen LogP contribution >= 0.6 is 11.6 Å². The molecule has 0 aliphatic heterocycles. The Balaban J connectivity index is 1.63. The highest BCUT2D eigenvalue weighted by Gasteiger charge is 2.10. The van der Waals surface area contributed by atoms with Gasteiger partial charge in [-0.25, -0.2) is 9.97 Å². The Morgan fingerprint density at radius 2 is 1.77 bits per heavy atom. The van der Waals surface area contributed by atoms with Gasteiger partial charge in [0.05, 0.1) is 18.4 Å². The molecule has 1 heterocycles. The van der Waals surface area contributed by atoms with Crippen molar-refractivity contribution in [2.75, 3.05) is 17.7 Å². The average molecular weight is 369 g/mol. The zero-order chi connectivity index (χ0) is 18.4. The Morgan fingerprint density at radius 3 is 2.50 bits per heavy atom. The summed E-state index contributed by atoms with van der Waals surface area (Å²) in [5.41, 5.74) is 1.87. The number of amides is 1. The van der Waals surface area contributed by atoms with Gasteiger partial charge in [0.25, 0.3) is 5.91 Å². The van der Waals surface area contributed by atoms with Crippen molar-refractivity contribution in [1.82, 2.24) is 9.97 Å². The zero-order valence-electron chi connectivity index (χ0n) is 14.1. The van der Waals surface area contributed by atoms with Crippen LogP contribution in [0.1, 0.15) is 15.9 Å². The summed E-state index contributed by atoms with van der Waals surface area (Å²) >= 11 is 6.12. The summed E-state index contributed by atoms with van der Waals surface area (Å²) in [4.78, 5) is 20.7. The van der Waals surface area contributed by atoms with Crippen molar-refractivity contribution in [2.45, 2.75) is 6.54 Å². The van der Waals surface area contributed by atoms with Crippen molar-refractivity contribution in [2.24, 2.45) is 0 Å². The van der Waals surface area contributed by atoms with Crippen LogP contribution in [0.4, 0.5) is 11.6 Å². The Labute approximate surface area is 156 Å². The lowest BCUT2D eigenvalue weighted by molar-refractivity contribution is 0.102. The van der Waals surface area contributed by atoms with Crippen molar-refractivity contribution in [3.05, 3.63) is 77.1 Å². The number of carbonyl (C=O) groups is 1. The number of ether oxygens (including phenoxy) is 1. The summed E-state index contributed by atoms with van der Waals surface area (Å²) in [5, 5.41) is 6.53. The number of benzene rings is 2. The van der Waals surface area contributed by atoms with Crippen molar-refractivity contribution in [3.63, 3.8) is 0 Å². The highest BCUT2D eigenvalue weighted by atomic mass is 35.5. The predicted molar refractivity (Wildman–Crippen MR) is 102 cm³/mol. The molecule has 0 aliphatic carbocycles. The van der Waals surface area contributed by atoms with Crippen molar-refractivity contribution in [3.8, 4) is 5.75 Å². The molecule has 2 aromatic carbocycles. The van der Waals surface area contributed by atoms with Crippen molar-refractivity contribution in [1.29, 1.82) is 0 Å². The lowest BCUT2D eigenvalue weighted by Gasteiger charge is -2.10. The third-order valence-electron chi connectivity index (χ3n) is 3.66. The van der Waals surface area contributed by atoms with Crippen LogP contribution in [0, 0.1) is 0 Å². The fourth-order valence-corrected chi connectivity index (χ4v) is 2.50. The molecule has 0 unspecified atom stereocenters. The lowest BCUT2D eigenvalue weighted by Crippen LogP contribution is -2.14. The van der Waals surface area contributed by atoms with Crippen LogP contribution in [-0.4, -0.2) is 23.0 Å². The molecular weight excluding hydrogens is 352 g/mol. The van der Waals surface area contributed by atoms with E-state index in [1.165, 1.54) is 12.4 Å². The van der Waals surface area contributed by atoms with Gasteiger partial charge in [-0.05, 0) is 23.8 Å². The molecule has 1 aromatic heterocycles. The lowest BCUT2D eigenvalue weighted by atomic mass is 10.2. The van der Waals surface area contributed by atoms with E-state index >= 15 is 0 Å². The van der Waals surface area contributed by atoms with E-state index in [4.69, 9.17) is 16.3 Å². The van der Waals surface area contributed by atoms with Crippen LogP contribution < -0.4 is 15.4 Å². The van der Waals surface area contributed by atoms with E-state index < -0.39 is 0 Å². The number of nitrogens with one attached hydrogen (secondary N) is 2. The Morgan fingerprint density at radius 1 is 1.08 bits per heavy atom. The number of anilines is 2. The second kappa shape index (κ2) is 8.31. The monoisotopic (exact) mass is 368 g/mol. The van der Waals surface area contributed by atoms with Gasteiger partial charge in [-0.2, -0.15) is 0 Å². The van der Waals surface area contributed by atoms with Gasteiger partial charge in [0, 0.05) is 24.0 Å². The van der Waals surface area contributed by atoms with E-state index in [0.29, 0.717) is 34.5 Å². The van der Waals surface area contributed by atoms with Gasteiger partial charge in [0.2, 0.25) is 5.95 Å². The molecule has 6 nitrogen and oxygen atoms in total. The van der Waals surface area contributed by atoms with Crippen molar-refractivity contribution >= 4 is 29.1 Å². The summed E-state index contributed by atoms with van der Waals surface area (Å²) in [6, 6.07) is 14.7. The normalized spacial score (nSPS) is 10.2. The molecule has 0 bridgehead atoms. The molecule has 132 valence electrons. The number of halogens is 1. The number of carbonyl (C=O) groups excluding carboxylic acids is 1. The molecule has 1 amide bonds. The largest absolute Gasteiger partial charge is 0.495 e. The number of para-hydroxylation sites is 2. The first-order chi connectivity index (χ1) is 12.7. The maximum absolute atomic E-state index is 12.3. The quantitative estimate of drug-likeness (QED) is 0.687. The molecule has 0 fully saturated rings. The Kier molecular flexibility index (Phi) is 5.66. The Bertz CT molecular complexity index is 900. The summed E-state index contributed by atoms with van der Waals surface area (Å²) < 4.78 is 5.22. The number of rotatable bonds is 6. The molecular formula is C19H17ClN4O2. The first-order valence-electron chi connectivity index (χ1n) is 7.91. The van der Waals surface area contributed by atoms with Gasteiger partial charge in [-0.3, -0.25) is 4.79 Å². The summed E-state index contributed by atoms with van der Waals surface area (Å²) in [6.07, 6.45) is 2.93. The molecule has 0 spiro atoms. The molecule has 26 heavy (non-hydrogen) atoms. The van der Waals surface area contributed by atoms with Crippen LogP contribution in [0.25, 0.3) is 0 Å². The van der Waals surface area contributed by atoms with Gasteiger partial charge < -0.3 is 15.4 Å². The van der Waals surface area contributed by atoms with Gasteiger partial charge in [-0.1, -0.05) is 41.9 Å². The third-order valence-corrected chi connectivity index (χ3v) is 4.03. The predicted octanol–water partition coefficient (Wildman–Crippen LogP) is 4.00. The van der Waals surface area contributed by atoms with E-state index in [9.17, 15) is 4.79 Å². The average Bonchev–Trinajstić information content (AvgIpc) is 2.68. The summed E-state index contributed by atoms with van der Waals surface area (Å²) in [5.74, 6) is 0.686. The van der Waals surface area contributed by atoms with Crippen LogP contribution in [0.15, 0.2) is 60.9 Å². The Hall–Kier alpha value is -3.12. The van der Waals surface area contributed by atoms with Gasteiger partial charge in [0.1, 0.15) is 5.75 Å². The van der Waals surface area contributed by atoms with Crippen molar-refractivity contribution < 1.29 is 9.53 Å². The number of hydrogen-bond acceptors (Lipinski definition) is 5. The number of aromatic nitrogens is 2. The van der Waals surface area contributed by atoms with E-state index in [2.05, 4.69) is 20.6 Å². The minimum Gasteiger partial charge on any atom is -0.495 e. The summed E-state index contributed by atoms with van der Waals surface area (Å²) in [7, 11) is 1.55. The van der Waals surface area contributed by atoms with E-state index in [0.717, 1.165) is 5.56 Å². The van der Waals surface area contributed by atoms with E-state index in [1.807, 2.05) is 36.4 Å².